The Labute approximate surface area is 108 Å². The molecule has 17 heavy (non-hydrogen) atoms. The van der Waals surface area contributed by atoms with E-state index in [1.807, 2.05) is 6.92 Å². The van der Waals surface area contributed by atoms with Gasteiger partial charge in [-0.05, 0) is 20.3 Å². The lowest BCUT2D eigenvalue weighted by molar-refractivity contribution is 0.547. The highest BCUT2D eigenvalue weighted by Gasteiger charge is 2.17. The van der Waals surface area contributed by atoms with Crippen molar-refractivity contribution in [3.8, 4) is 0 Å². The van der Waals surface area contributed by atoms with Gasteiger partial charge >= 0.3 is 0 Å². The average Bonchev–Trinajstić information content (AvgIpc) is 2.32. The largest absolute Gasteiger partial charge is 0.229 e. The summed E-state index contributed by atoms with van der Waals surface area (Å²) in [6.07, 6.45) is 10.9. The zero-order valence-electron chi connectivity index (χ0n) is 11.6. The lowest BCUT2D eigenvalue weighted by atomic mass is 10.1. The van der Waals surface area contributed by atoms with E-state index in [1.165, 1.54) is 44.9 Å². The number of hydrogen-bond acceptors (Lipinski definition) is 2. The van der Waals surface area contributed by atoms with E-state index in [9.17, 15) is 8.42 Å². The summed E-state index contributed by atoms with van der Waals surface area (Å²) >= 11 is 0. The third kappa shape index (κ3) is 8.64. The molecule has 0 fully saturated rings. The predicted molar refractivity (Wildman–Crippen MR) is 75.8 cm³/mol. The Morgan fingerprint density at radius 1 is 0.941 bits per heavy atom. The highest BCUT2D eigenvalue weighted by atomic mass is 32.2. The van der Waals surface area contributed by atoms with Gasteiger partial charge in [0.25, 0.3) is 0 Å². The van der Waals surface area contributed by atoms with Crippen LogP contribution in [-0.4, -0.2) is 19.4 Å². The molecule has 0 amide bonds. The Bertz CT molecular complexity index is 257. The van der Waals surface area contributed by atoms with Crippen LogP contribution in [0.3, 0.4) is 0 Å². The lowest BCUT2D eigenvalue weighted by Crippen LogP contribution is -2.19. The molecule has 0 saturated heterocycles. The van der Waals surface area contributed by atoms with Crippen molar-refractivity contribution in [2.24, 2.45) is 0 Å². The zero-order valence-corrected chi connectivity index (χ0v) is 12.4. The Hall–Kier alpha value is -0.0500. The molecule has 1 radical (unpaired) electrons. The molecule has 2 nitrogen and oxygen atoms in total. The Morgan fingerprint density at radius 2 is 1.41 bits per heavy atom. The fourth-order valence-electron chi connectivity index (χ4n) is 1.95. The minimum Gasteiger partial charge on any atom is -0.229 e. The van der Waals surface area contributed by atoms with Crippen molar-refractivity contribution >= 4 is 9.84 Å². The van der Waals surface area contributed by atoms with Gasteiger partial charge in [0.1, 0.15) is 0 Å². The van der Waals surface area contributed by atoms with E-state index in [2.05, 4.69) is 13.8 Å². The van der Waals surface area contributed by atoms with E-state index in [-0.39, 0.29) is 11.0 Å². The van der Waals surface area contributed by atoms with Crippen LogP contribution in [0.1, 0.15) is 71.6 Å². The maximum Gasteiger partial charge on any atom is 0.152 e. The summed E-state index contributed by atoms with van der Waals surface area (Å²) in [5.74, 6) is 0.0329. The molecular formula is C14H29O2S. The molecule has 0 bridgehead atoms. The standard InChI is InChI=1S/C14H29O2S/c1-4-6-7-8-9-10-11-12-13-14(3)17(15,16)5-2/h14H,2,4-13H2,1,3H3. The maximum absolute atomic E-state index is 11.5. The minimum atomic E-state index is -2.91. The van der Waals surface area contributed by atoms with Crippen molar-refractivity contribution in [1.82, 2.24) is 0 Å². The molecule has 0 aliphatic heterocycles. The van der Waals surface area contributed by atoms with Gasteiger partial charge < -0.3 is 0 Å². The molecule has 0 rings (SSSR count). The van der Waals surface area contributed by atoms with Crippen LogP contribution in [0.2, 0.25) is 0 Å². The maximum atomic E-state index is 11.5. The lowest BCUT2D eigenvalue weighted by Gasteiger charge is -2.10. The molecule has 3 heteroatoms. The van der Waals surface area contributed by atoms with Crippen LogP contribution < -0.4 is 0 Å². The minimum absolute atomic E-state index is 0.0329. The van der Waals surface area contributed by atoms with Crippen molar-refractivity contribution in [1.29, 1.82) is 0 Å². The van der Waals surface area contributed by atoms with Gasteiger partial charge in [-0.3, -0.25) is 0 Å². The Balaban J connectivity index is 3.40. The molecule has 0 heterocycles. The van der Waals surface area contributed by atoms with Crippen molar-refractivity contribution < 1.29 is 8.42 Å². The summed E-state index contributed by atoms with van der Waals surface area (Å²) in [6.45, 7) is 7.51. The van der Waals surface area contributed by atoms with E-state index in [0.29, 0.717) is 0 Å². The molecule has 0 aliphatic rings. The number of rotatable bonds is 11. The third-order valence-electron chi connectivity index (χ3n) is 3.36. The SMILES string of the molecule is [CH2]CS(=O)(=O)C(C)CCCCCCCCCC. The monoisotopic (exact) mass is 261 g/mol. The molecule has 1 atom stereocenters. The van der Waals surface area contributed by atoms with Gasteiger partial charge in [0.05, 0.1) is 11.0 Å². The van der Waals surface area contributed by atoms with E-state index in [1.54, 1.807) is 0 Å². The van der Waals surface area contributed by atoms with Gasteiger partial charge in [-0.15, -0.1) is 0 Å². The van der Waals surface area contributed by atoms with Crippen molar-refractivity contribution in [3.63, 3.8) is 0 Å². The first-order valence-corrected chi connectivity index (χ1v) is 8.77. The number of sulfone groups is 1. The van der Waals surface area contributed by atoms with Gasteiger partial charge in [0.15, 0.2) is 9.84 Å². The second-order valence-electron chi connectivity index (χ2n) is 4.94. The molecule has 0 aromatic rings. The zero-order chi connectivity index (χ0) is 13.1. The van der Waals surface area contributed by atoms with Crippen LogP contribution in [0.4, 0.5) is 0 Å². The van der Waals surface area contributed by atoms with Crippen molar-refractivity contribution in [2.75, 3.05) is 5.75 Å². The number of hydrogen-bond donors (Lipinski definition) is 0. The molecule has 0 N–H and O–H groups in total. The fraction of sp³-hybridized carbons (Fsp3) is 0.929. The van der Waals surface area contributed by atoms with Crippen LogP contribution in [0, 0.1) is 6.92 Å². The van der Waals surface area contributed by atoms with E-state index in [0.717, 1.165) is 12.8 Å². The molecule has 0 saturated carbocycles. The van der Waals surface area contributed by atoms with Crippen molar-refractivity contribution in [2.45, 2.75) is 76.9 Å². The van der Waals surface area contributed by atoms with Crippen LogP contribution in [0.15, 0.2) is 0 Å². The third-order valence-corrected chi connectivity index (χ3v) is 5.39. The first-order chi connectivity index (χ1) is 8.04. The van der Waals surface area contributed by atoms with Crippen molar-refractivity contribution in [3.05, 3.63) is 6.92 Å². The summed E-state index contributed by atoms with van der Waals surface area (Å²) in [5, 5.41) is -0.208. The highest BCUT2D eigenvalue weighted by molar-refractivity contribution is 7.92. The molecule has 0 aliphatic carbocycles. The summed E-state index contributed by atoms with van der Waals surface area (Å²) in [7, 11) is -2.91. The topological polar surface area (TPSA) is 34.1 Å². The van der Waals surface area contributed by atoms with Gasteiger partial charge in [-0.25, -0.2) is 8.42 Å². The molecule has 0 aromatic heterocycles. The number of unbranched alkanes of at least 4 members (excludes halogenated alkanes) is 7. The summed E-state index contributed by atoms with van der Waals surface area (Å²) in [4.78, 5) is 0. The smallest absolute Gasteiger partial charge is 0.152 e. The van der Waals surface area contributed by atoms with E-state index >= 15 is 0 Å². The average molecular weight is 261 g/mol. The normalized spacial score (nSPS) is 13.8. The fourth-order valence-corrected chi connectivity index (χ4v) is 2.87. The highest BCUT2D eigenvalue weighted by Crippen LogP contribution is 2.14. The van der Waals surface area contributed by atoms with Crippen LogP contribution >= 0.6 is 0 Å². The van der Waals surface area contributed by atoms with E-state index in [4.69, 9.17) is 0 Å². The summed E-state index contributed by atoms with van der Waals surface area (Å²) in [5.41, 5.74) is 0. The second-order valence-corrected chi connectivity index (χ2v) is 7.48. The predicted octanol–water partition coefficient (Wildman–Crippen LogP) is 4.15. The first kappa shape index (κ1) is 16.9. The second kappa shape index (κ2) is 9.93. The van der Waals surface area contributed by atoms with Gasteiger partial charge in [-0.1, -0.05) is 58.3 Å². The van der Waals surface area contributed by atoms with Crippen LogP contribution in [0.25, 0.3) is 0 Å². The molecule has 1 unspecified atom stereocenters. The van der Waals surface area contributed by atoms with Crippen LogP contribution in [-0.2, 0) is 9.84 Å². The Morgan fingerprint density at radius 3 is 1.88 bits per heavy atom. The quantitative estimate of drug-likeness (QED) is 0.523. The van der Waals surface area contributed by atoms with Gasteiger partial charge in [0.2, 0.25) is 0 Å². The van der Waals surface area contributed by atoms with Gasteiger partial charge in [0, 0.05) is 0 Å². The van der Waals surface area contributed by atoms with E-state index < -0.39 is 9.84 Å². The van der Waals surface area contributed by atoms with Crippen LogP contribution in [0.5, 0.6) is 0 Å². The first-order valence-electron chi connectivity index (χ1n) is 7.05. The summed E-state index contributed by atoms with van der Waals surface area (Å²) in [6, 6.07) is 0. The summed E-state index contributed by atoms with van der Waals surface area (Å²) < 4.78 is 22.9. The Kier molecular flexibility index (Phi) is 9.90. The van der Waals surface area contributed by atoms with Gasteiger partial charge in [-0.2, -0.15) is 0 Å². The molecule has 103 valence electrons. The molecular weight excluding hydrogens is 232 g/mol. The molecule has 0 spiro atoms. The molecule has 0 aromatic carbocycles.